The van der Waals surface area contributed by atoms with Crippen LogP contribution in [-0.4, -0.2) is 16.6 Å². The molecule has 0 saturated carbocycles. The van der Waals surface area contributed by atoms with Crippen molar-refractivity contribution in [1.29, 1.82) is 0 Å². The molecule has 4 nitrogen and oxygen atoms in total. The molecule has 2 aromatic rings. The predicted molar refractivity (Wildman–Crippen MR) is 74.1 cm³/mol. The van der Waals surface area contributed by atoms with Crippen LogP contribution in [0.3, 0.4) is 0 Å². The number of nitrogens with zero attached hydrogens (tertiary/aromatic N) is 2. The molecular weight excluding hydrogens is 264 g/mol. The van der Waals surface area contributed by atoms with Gasteiger partial charge in [0.05, 0.1) is 6.61 Å². The molecule has 0 saturated heterocycles. The van der Waals surface area contributed by atoms with Gasteiger partial charge in [-0.1, -0.05) is 6.92 Å². The number of halogens is 1. The Hall–Kier alpha value is -1.81. The molecule has 1 aromatic heterocycles. The lowest BCUT2D eigenvalue weighted by atomic mass is 10.3. The Morgan fingerprint density at radius 2 is 1.79 bits per heavy atom. The second kappa shape index (κ2) is 6.38. The van der Waals surface area contributed by atoms with Crippen LogP contribution in [-0.2, 0) is 0 Å². The molecule has 100 valence electrons. The van der Waals surface area contributed by atoms with Crippen molar-refractivity contribution in [1.82, 2.24) is 9.97 Å². The first-order chi connectivity index (χ1) is 9.17. The first-order valence-corrected chi connectivity index (χ1v) is 6.47. The van der Waals surface area contributed by atoms with Crippen LogP contribution in [0, 0.1) is 6.92 Å². The van der Waals surface area contributed by atoms with E-state index in [1.165, 1.54) is 0 Å². The predicted octanol–water partition coefficient (Wildman–Crippen LogP) is 4.02. The summed E-state index contributed by atoms with van der Waals surface area (Å²) in [7, 11) is 0. The zero-order valence-corrected chi connectivity index (χ0v) is 11.6. The van der Waals surface area contributed by atoms with Crippen LogP contribution in [0.1, 0.15) is 19.0 Å². The van der Waals surface area contributed by atoms with Crippen molar-refractivity contribution in [3.8, 4) is 17.4 Å². The highest BCUT2D eigenvalue weighted by atomic mass is 35.5. The lowest BCUT2D eigenvalue weighted by Crippen LogP contribution is -1.95. The first-order valence-electron chi connectivity index (χ1n) is 6.09. The van der Waals surface area contributed by atoms with E-state index in [9.17, 15) is 0 Å². The van der Waals surface area contributed by atoms with E-state index in [0.29, 0.717) is 18.2 Å². The molecule has 0 N–H and O–H groups in total. The number of aryl methyl sites for hydroxylation is 1. The van der Waals surface area contributed by atoms with Crippen LogP contribution in [0.4, 0.5) is 0 Å². The second-order valence-electron chi connectivity index (χ2n) is 4.04. The smallest absolute Gasteiger partial charge is 0.225 e. The molecule has 5 heteroatoms. The molecule has 0 fully saturated rings. The van der Waals surface area contributed by atoms with Crippen molar-refractivity contribution in [3.05, 3.63) is 41.3 Å². The van der Waals surface area contributed by atoms with Crippen molar-refractivity contribution in [2.45, 2.75) is 20.3 Å². The fraction of sp³-hybridized carbons (Fsp3) is 0.286. The van der Waals surface area contributed by atoms with Gasteiger partial charge in [0, 0.05) is 11.8 Å². The van der Waals surface area contributed by atoms with Gasteiger partial charge in [-0.3, -0.25) is 0 Å². The maximum absolute atomic E-state index is 5.78. The lowest BCUT2D eigenvalue weighted by molar-refractivity contribution is 0.317. The monoisotopic (exact) mass is 278 g/mol. The largest absolute Gasteiger partial charge is 0.494 e. The summed E-state index contributed by atoms with van der Waals surface area (Å²) in [4.78, 5) is 7.98. The summed E-state index contributed by atoms with van der Waals surface area (Å²) in [5, 5.41) is 0.179. The molecule has 0 amide bonds. The van der Waals surface area contributed by atoms with E-state index in [2.05, 4.69) is 16.9 Å². The maximum Gasteiger partial charge on any atom is 0.225 e. The van der Waals surface area contributed by atoms with E-state index in [1.54, 1.807) is 6.07 Å². The molecule has 0 bridgehead atoms. The average Bonchev–Trinajstić information content (AvgIpc) is 2.37. The van der Waals surface area contributed by atoms with Crippen LogP contribution in [0.5, 0.6) is 17.4 Å². The van der Waals surface area contributed by atoms with E-state index in [4.69, 9.17) is 21.1 Å². The third kappa shape index (κ3) is 4.10. The molecule has 0 aliphatic heterocycles. The molecule has 2 rings (SSSR count). The minimum absolute atomic E-state index is 0.179. The van der Waals surface area contributed by atoms with Gasteiger partial charge in [0.2, 0.25) is 11.2 Å². The fourth-order valence-electron chi connectivity index (χ4n) is 1.50. The average molecular weight is 279 g/mol. The number of benzene rings is 1. The number of rotatable bonds is 5. The highest BCUT2D eigenvalue weighted by molar-refractivity contribution is 6.28. The Morgan fingerprint density at radius 1 is 1.11 bits per heavy atom. The first kappa shape index (κ1) is 13.6. The van der Waals surface area contributed by atoms with Crippen LogP contribution >= 0.6 is 11.6 Å². The van der Waals surface area contributed by atoms with E-state index in [0.717, 1.165) is 17.9 Å². The SMILES string of the molecule is CCCOc1ccc(Oc2cc(C)nc(Cl)n2)cc1. The molecular formula is C14H15ClN2O2. The number of hydrogen-bond acceptors (Lipinski definition) is 4. The summed E-state index contributed by atoms with van der Waals surface area (Å²) in [6.45, 7) is 4.61. The molecule has 19 heavy (non-hydrogen) atoms. The van der Waals surface area contributed by atoms with Gasteiger partial charge in [-0.05, 0) is 49.2 Å². The van der Waals surface area contributed by atoms with Gasteiger partial charge in [0.25, 0.3) is 0 Å². The molecule has 0 aliphatic rings. The standard InChI is InChI=1S/C14H15ClN2O2/c1-3-8-18-11-4-6-12(7-5-11)19-13-9-10(2)16-14(15)17-13/h4-7,9H,3,8H2,1-2H3. The van der Waals surface area contributed by atoms with Crippen LogP contribution in [0.2, 0.25) is 5.28 Å². The van der Waals surface area contributed by atoms with Crippen molar-refractivity contribution in [2.75, 3.05) is 6.61 Å². The van der Waals surface area contributed by atoms with Crippen LogP contribution < -0.4 is 9.47 Å². The summed E-state index contributed by atoms with van der Waals surface area (Å²) < 4.78 is 11.1. The van der Waals surface area contributed by atoms with Crippen molar-refractivity contribution >= 4 is 11.6 Å². The summed E-state index contributed by atoms with van der Waals surface area (Å²) in [5.41, 5.74) is 0.762. The van der Waals surface area contributed by atoms with E-state index >= 15 is 0 Å². The van der Waals surface area contributed by atoms with Gasteiger partial charge in [-0.15, -0.1) is 0 Å². The van der Waals surface area contributed by atoms with Gasteiger partial charge in [-0.2, -0.15) is 4.98 Å². The summed E-state index contributed by atoms with van der Waals surface area (Å²) >= 11 is 5.78. The quantitative estimate of drug-likeness (QED) is 0.775. The van der Waals surface area contributed by atoms with E-state index < -0.39 is 0 Å². The molecule has 0 radical (unpaired) electrons. The third-order valence-corrected chi connectivity index (χ3v) is 2.49. The Kier molecular flexibility index (Phi) is 4.58. The molecule has 0 atom stereocenters. The van der Waals surface area contributed by atoms with Crippen molar-refractivity contribution < 1.29 is 9.47 Å². The fourth-order valence-corrected chi connectivity index (χ4v) is 1.72. The summed E-state index contributed by atoms with van der Waals surface area (Å²) in [5.74, 6) is 1.93. The topological polar surface area (TPSA) is 44.2 Å². The highest BCUT2D eigenvalue weighted by Crippen LogP contribution is 2.23. The van der Waals surface area contributed by atoms with Gasteiger partial charge in [0.1, 0.15) is 11.5 Å². The second-order valence-corrected chi connectivity index (χ2v) is 4.38. The van der Waals surface area contributed by atoms with E-state index in [1.807, 2.05) is 31.2 Å². The summed E-state index contributed by atoms with van der Waals surface area (Å²) in [6.07, 6.45) is 0.983. The van der Waals surface area contributed by atoms with Gasteiger partial charge >= 0.3 is 0 Å². The Balaban J connectivity index is 2.06. The minimum atomic E-state index is 0.179. The highest BCUT2D eigenvalue weighted by Gasteiger charge is 2.03. The molecule has 0 spiro atoms. The van der Waals surface area contributed by atoms with Crippen molar-refractivity contribution in [2.24, 2.45) is 0 Å². The Morgan fingerprint density at radius 3 is 2.42 bits per heavy atom. The zero-order valence-electron chi connectivity index (χ0n) is 10.9. The van der Waals surface area contributed by atoms with Gasteiger partial charge in [0.15, 0.2) is 0 Å². The third-order valence-electron chi connectivity index (χ3n) is 2.32. The minimum Gasteiger partial charge on any atom is -0.494 e. The number of ether oxygens (including phenoxy) is 2. The lowest BCUT2D eigenvalue weighted by Gasteiger charge is -2.07. The normalized spacial score (nSPS) is 10.3. The number of aromatic nitrogens is 2. The maximum atomic E-state index is 5.78. The molecule has 0 unspecified atom stereocenters. The summed E-state index contributed by atoms with van der Waals surface area (Å²) in [6, 6.07) is 9.11. The van der Waals surface area contributed by atoms with Crippen LogP contribution in [0.15, 0.2) is 30.3 Å². The molecule has 1 heterocycles. The van der Waals surface area contributed by atoms with Gasteiger partial charge in [-0.25, -0.2) is 4.98 Å². The van der Waals surface area contributed by atoms with Crippen molar-refractivity contribution in [3.63, 3.8) is 0 Å². The van der Waals surface area contributed by atoms with Gasteiger partial charge < -0.3 is 9.47 Å². The Bertz CT molecular complexity index is 523. The Labute approximate surface area is 117 Å². The zero-order chi connectivity index (χ0) is 13.7. The van der Waals surface area contributed by atoms with E-state index in [-0.39, 0.29) is 5.28 Å². The number of hydrogen-bond donors (Lipinski definition) is 0. The molecule has 1 aromatic carbocycles. The molecule has 0 aliphatic carbocycles. The van der Waals surface area contributed by atoms with Crippen LogP contribution in [0.25, 0.3) is 0 Å².